The number of carbonyl (C=O) groups is 1. The molecule has 0 aromatic heterocycles. The maximum absolute atomic E-state index is 13.0. The molecule has 1 aromatic carbocycles. The van der Waals surface area contributed by atoms with Gasteiger partial charge in [-0.25, -0.2) is 0 Å². The fourth-order valence-corrected chi connectivity index (χ4v) is 3.23. The van der Waals surface area contributed by atoms with Crippen LogP contribution in [0.3, 0.4) is 0 Å². The van der Waals surface area contributed by atoms with Crippen molar-refractivity contribution in [3.63, 3.8) is 0 Å². The molecule has 116 valence electrons. The van der Waals surface area contributed by atoms with Gasteiger partial charge < -0.3 is 10.2 Å². The van der Waals surface area contributed by atoms with Gasteiger partial charge in [-0.3, -0.25) is 4.79 Å². The third-order valence-corrected chi connectivity index (χ3v) is 5.05. The summed E-state index contributed by atoms with van der Waals surface area (Å²) in [5, 5.41) is 3.42. The minimum Gasteiger partial charge on any atom is -0.339 e. The van der Waals surface area contributed by atoms with Crippen molar-refractivity contribution < 1.29 is 4.79 Å². The van der Waals surface area contributed by atoms with Crippen molar-refractivity contribution in [2.75, 3.05) is 20.1 Å². The van der Waals surface area contributed by atoms with E-state index < -0.39 is 0 Å². The van der Waals surface area contributed by atoms with Crippen LogP contribution in [-0.4, -0.2) is 30.9 Å². The van der Waals surface area contributed by atoms with Gasteiger partial charge >= 0.3 is 0 Å². The molecule has 1 aliphatic heterocycles. The van der Waals surface area contributed by atoms with E-state index in [0.29, 0.717) is 5.92 Å². The maximum Gasteiger partial charge on any atom is 0.228 e. The van der Waals surface area contributed by atoms with E-state index in [2.05, 4.69) is 38.2 Å². The molecule has 3 nitrogen and oxygen atoms in total. The molecule has 0 bridgehead atoms. The highest BCUT2D eigenvalue weighted by molar-refractivity contribution is 5.82. The fraction of sp³-hybridized carbons (Fsp3) is 0.611. The van der Waals surface area contributed by atoms with E-state index in [0.717, 1.165) is 19.5 Å². The summed E-state index contributed by atoms with van der Waals surface area (Å²) in [6.45, 7) is 8.33. The topological polar surface area (TPSA) is 32.3 Å². The molecule has 3 heteroatoms. The molecule has 1 N–H and O–H groups in total. The van der Waals surface area contributed by atoms with Crippen molar-refractivity contribution in [3.8, 4) is 0 Å². The molecule has 0 spiro atoms. The normalized spacial score (nSPS) is 20.9. The van der Waals surface area contributed by atoms with E-state index in [4.69, 9.17) is 0 Å². The van der Waals surface area contributed by atoms with Crippen molar-refractivity contribution in [1.29, 1.82) is 0 Å². The zero-order valence-corrected chi connectivity index (χ0v) is 13.7. The number of carbonyl (C=O) groups excluding carboxylic acids is 1. The quantitative estimate of drug-likeness (QED) is 0.922. The van der Waals surface area contributed by atoms with E-state index in [1.807, 2.05) is 30.1 Å². The Morgan fingerprint density at radius 1 is 1.33 bits per heavy atom. The lowest BCUT2D eigenvalue weighted by Gasteiger charge is -2.40. The van der Waals surface area contributed by atoms with Crippen molar-refractivity contribution in [2.45, 2.75) is 39.7 Å². The Hall–Kier alpha value is -1.35. The van der Waals surface area contributed by atoms with Gasteiger partial charge in [-0.05, 0) is 44.3 Å². The SMILES string of the molecule is CC(c1ccccc1)N(C)C(=O)C(C)(C)C1CCCNC1. The van der Waals surface area contributed by atoms with Gasteiger partial charge in [-0.15, -0.1) is 0 Å². The van der Waals surface area contributed by atoms with Crippen molar-refractivity contribution in [3.05, 3.63) is 35.9 Å². The monoisotopic (exact) mass is 288 g/mol. The van der Waals surface area contributed by atoms with Crippen LogP contribution in [-0.2, 0) is 4.79 Å². The predicted octanol–water partition coefficient (Wildman–Crippen LogP) is 3.23. The molecule has 1 fully saturated rings. The van der Waals surface area contributed by atoms with Gasteiger partial charge in [0.15, 0.2) is 0 Å². The van der Waals surface area contributed by atoms with Crippen LogP contribution >= 0.6 is 0 Å². The van der Waals surface area contributed by atoms with Crippen molar-refractivity contribution in [2.24, 2.45) is 11.3 Å². The van der Waals surface area contributed by atoms with E-state index in [-0.39, 0.29) is 17.4 Å². The van der Waals surface area contributed by atoms with E-state index in [9.17, 15) is 4.79 Å². The van der Waals surface area contributed by atoms with E-state index in [1.54, 1.807) is 0 Å². The zero-order valence-electron chi connectivity index (χ0n) is 13.7. The van der Waals surface area contributed by atoms with Crippen LogP contribution in [0.15, 0.2) is 30.3 Å². The maximum atomic E-state index is 13.0. The summed E-state index contributed by atoms with van der Waals surface area (Å²) in [5.41, 5.74) is 0.872. The highest BCUT2D eigenvalue weighted by Gasteiger charge is 2.40. The lowest BCUT2D eigenvalue weighted by Crippen LogP contribution is -2.48. The van der Waals surface area contributed by atoms with Gasteiger partial charge in [0.25, 0.3) is 0 Å². The van der Waals surface area contributed by atoms with Crippen LogP contribution in [0, 0.1) is 11.3 Å². The summed E-state index contributed by atoms with van der Waals surface area (Å²) in [7, 11) is 1.93. The number of nitrogens with one attached hydrogen (secondary N) is 1. The molecule has 2 rings (SSSR count). The number of hydrogen-bond acceptors (Lipinski definition) is 2. The second-order valence-electron chi connectivity index (χ2n) is 6.77. The van der Waals surface area contributed by atoms with Gasteiger partial charge in [0.1, 0.15) is 0 Å². The molecule has 1 amide bonds. The third kappa shape index (κ3) is 3.46. The van der Waals surface area contributed by atoms with E-state index >= 15 is 0 Å². The van der Waals surface area contributed by atoms with Gasteiger partial charge in [-0.1, -0.05) is 44.2 Å². The average molecular weight is 288 g/mol. The molecular formula is C18H28N2O. The van der Waals surface area contributed by atoms with Crippen LogP contribution in [0.5, 0.6) is 0 Å². The number of benzene rings is 1. The molecule has 1 saturated heterocycles. The Morgan fingerprint density at radius 3 is 2.57 bits per heavy atom. The molecule has 2 atom stereocenters. The summed E-state index contributed by atoms with van der Waals surface area (Å²) >= 11 is 0. The first kappa shape index (κ1) is 16.0. The first-order valence-electron chi connectivity index (χ1n) is 7.97. The van der Waals surface area contributed by atoms with Crippen LogP contribution in [0.1, 0.15) is 45.2 Å². The number of nitrogens with zero attached hydrogens (tertiary/aromatic N) is 1. The van der Waals surface area contributed by atoms with Crippen LogP contribution in [0.2, 0.25) is 0 Å². The summed E-state index contributed by atoms with van der Waals surface area (Å²) in [6, 6.07) is 10.3. The first-order valence-corrected chi connectivity index (χ1v) is 7.97. The first-order chi connectivity index (χ1) is 9.94. The van der Waals surface area contributed by atoms with E-state index in [1.165, 1.54) is 12.0 Å². The molecule has 1 heterocycles. The lowest BCUT2D eigenvalue weighted by molar-refractivity contribution is -0.144. The zero-order chi connectivity index (χ0) is 15.5. The predicted molar refractivity (Wildman–Crippen MR) is 87.0 cm³/mol. The molecule has 1 aliphatic rings. The molecule has 1 aromatic rings. The Bertz CT molecular complexity index is 463. The second-order valence-corrected chi connectivity index (χ2v) is 6.77. The highest BCUT2D eigenvalue weighted by Crippen LogP contribution is 2.35. The highest BCUT2D eigenvalue weighted by atomic mass is 16.2. The molecule has 0 saturated carbocycles. The molecule has 0 radical (unpaired) electrons. The lowest BCUT2D eigenvalue weighted by atomic mass is 9.74. The summed E-state index contributed by atoms with van der Waals surface area (Å²) in [6.07, 6.45) is 2.30. The summed E-state index contributed by atoms with van der Waals surface area (Å²) in [4.78, 5) is 14.9. The van der Waals surface area contributed by atoms with Crippen molar-refractivity contribution in [1.82, 2.24) is 10.2 Å². The molecule has 21 heavy (non-hydrogen) atoms. The Labute approximate surface area is 128 Å². The minimum absolute atomic E-state index is 0.106. The Balaban J connectivity index is 2.10. The van der Waals surface area contributed by atoms with Gasteiger partial charge in [-0.2, -0.15) is 0 Å². The Morgan fingerprint density at radius 2 is 2.00 bits per heavy atom. The van der Waals surface area contributed by atoms with Gasteiger partial charge in [0.05, 0.1) is 6.04 Å². The Kier molecular flexibility index (Phi) is 5.04. The number of rotatable bonds is 4. The van der Waals surface area contributed by atoms with Gasteiger partial charge in [0, 0.05) is 12.5 Å². The third-order valence-electron chi connectivity index (χ3n) is 5.05. The number of hydrogen-bond donors (Lipinski definition) is 1. The van der Waals surface area contributed by atoms with Crippen molar-refractivity contribution >= 4 is 5.91 Å². The van der Waals surface area contributed by atoms with Crippen LogP contribution in [0.4, 0.5) is 0 Å². The van der Waals surface area contributed by atoms with Crippen LogP contribution < -0.4 is 5.32 Å². The smallest absolute Gasteiger partial charge is 0.228 e. The molecule has 0 aliphatic carbocycles. The number of piperidine rings is 1. The summed E-state index contributed by atoms with van der Waals surface area (Å²) in [5.74, 6) is 0.664. The second kappa shape index (κ2) is 6.61. The van der Waals surface area contributed by atoms with Crippen LogP contribution in [0.25, 0.3) is 0 Å². The average Bonchev–Trinajstić information content (AvgIpc) is 2.54. The largest absolute Gasteiger partial charge is 0.339 e. The standard InChI is InChI=1S/C18H28N2O/c1-14(15-9-6-5-7-10-15)20(4)17(21)18(2,3)16-11-8-12-19-13-16/h5-7,9-10,14,16,19H,8,11-13H2,1-4H3. The fourth-order valence-electron chi connectivity index (χ4n) is 3.23. The molecular weight excluding hydrogens is 260 g/mol. The summed E-state index contributed by atoms with van der Waals surface area (Å²) < 4.78 is 0. The number of amides is 1. The minimum atomic E-state index is -0.314. The molecule has 2 unspecified atom stereocenters. The van der Waals surface area contributed by atoms with Gasteiger partial charge in [0.2, 0.25) is 5.91 Å².